The van der Waals surface area contributed by atoms with Crippen LogP contribution in [0.5, 0.6) is 0 Å². The summed E-state index contributed by atoms with van der Waals surface area (Å²) in [7, 11) is 4.99. The van der Waals surface area contributed by atoms with Crippen LogP contribution in [0.2, 0.25) is 0 Å². The number of carbonyl (C=O) groups is 2. The van der Waals surface area contributed by atoms with Crippen molar-refractivity contribution in [3.63, 3.8) is 0 Å². The Hall–Kier alpha value is -2.35. The van der Waals surface area contributed by atoms with Gasteiger partial charge in [0.15, 0.2) is 0 Å². The normalized spacial score (nSPS) is 13.5. The molecule has 1 aromatic carbocycles. The predicted molar refractivity (Wildman–Crippen MR) is 100 cm³/mol. The molecule has 0 atom stereocenters. The lowest BCUT2D eigenvalue weighted by Crippen LogP contribution is -2.38. The molecule has 8 heteroatoms. The van der Waals surface area contributed by atoms with Crippen molar-refractivity contribution in [2.24, 2.45) is 0 Å². The van der Waals surface area contributed by atoms with E-state index in [0.29, 0.717) is 11.1 Å². The molecule has 138 valence electrons. The van der Waals surface area contributed by atoms with Gasteiger partial charge in [0.1, 0.15) is 5.82 Å². The predicted octanol–water partition coefficient (Wildman–Crippen LogP) is 1.78. The van der Waals surface area contributed by atoms with Crippen LogP contribution >= 0.6 is 11.8 Å². The first-order chi connectivity index (χ1) is 12.5. The number of rotatable bonds is 7. The number of hydrogen-bond acceptors (Lipinski definition) is 5. The summed E-state index contributed by atoms with van der Waals surface area (Å²) < 4.78 is 1.88. The molecule has 0 N–H and O–H groups in total. The standard InChI is InChI=1S/C18H23N5O2S/c1-21(2)15(24)11-22(3)16(25)12-26-18-19-17(13-9-10-13)23(20-18)14-7-5-4-6-8-14/h4-8,13H,9-12H2,1-3H3. The number of likely N-dealkylation sites (N-methyl/N-ethyl adjacent to an activating group) is 2. The number of benzene rings is 1. The minimum Gasteiger partial charge on any atom is -0.347 e. The van der Waals surface area contributed by atoms with Crippen molar-refractivity contribution < 1.29 is 9.59 Å². The van der Waals surface area contributed by atoms with Gasteiger partial charge in [-0.05, 0) is 25.0 Å². The van der Waals surface area contributed by atoms with E-state index in [1.54, 1.807) is 21.1 Å². The Labute approximate surface area is 157 Å². The lowest BCUT2D eigenvalue weighted by atomic mass is 10.3. The van der Waals surface area contributed by atoms with Gasteiger partial charge in [0.05, 0.1) is 18.0 Å². The molecule has 1 aromatic heterocycles. The average Bonchev–Trinajstić information content (AvgIpc) is 3.39. The lowest BCUT2D eigenvalue weighted by Gasteiger charge is -2.18. The van der Waals surface area contributed by atoms with E-state index in [2.05, 4.69) is 10.1 Å². The summed E-state index contributed by atoms with van der Waals surface area (Å²) in [6.45, 7) is 0.0750. The Morgan fingerprint density at radius 3 is 2.46 bits per heavy atom. The van der Waals surface area contributed by atoms with Crippen LogP contribution in [0.1, 0.15) is 24.6 Å². The third-order valence-electron chi connectivity index (χ3n) is 4.18. The highest BCUT2D eigenvalue weighted by Gasteiger charge is 2.30. The summed E-state index contributed by atoms with van der Waals surface area (Å²) in [5.41, 5.74) is 0.980. The second-order valence-corrected chi connectivity index (χ2v) is 7.54. The molecule has 1 saturated carbocycles. The Morgan fingerprint density at radius 1 is 1.15 bits per heavy atom. The number of para-hydroxylation sites is 1. The molecule has 1 aliphatic carbocycles. The van der Waals surface area contributed by atoms with Crippen molar-refractivity contribution in [1.29, 1.82) is 0 Å². The molecule has 7 nitrogen and oxygen atoms in total. The van der Waals surface area contributed by atoms with Crippen molar-refractivity contribution in [3.8, 4) is 5.69 Å². The van der Waals surface area contributed by atoms with E-state index in [1.807, 2.05) is 35.0 Å². The fourth-order valence-electron chi connectivity index (χ4n) is 2.40. The number of carbonyl (C=O) groups excluding carboxylic acids is 2. The van der Waals surface area contributed by atoms with Gasteiger partial charge in [-0.15, -0.1) is 5.10 Å². The van der Waals surface area contributed by atoms with Crippen LogP contribution in [0.25, 0.3) is 5.69 Å². The van der Waals surface area contributed by atoms with Crippen molar-refractivity contribution in [2.45, 2.75) is 23.9 Å². The maximum Gasteiger partial charge on any atom is 0.241 e. The molecule has 0 radical (unpaired) electrons. The minimum absolute atomic E-state index is 0.0750. The van der Waals surface area contributed by atoms with E-state index in [1.165, 1.54) is 21.6 Å². The van der Waals surface area contributed by atoms with Gasteiger partial charge < -0.3 is 9.80 Å². The monoisotopic (exact) mass is 373 g/mol. The fourth-order valence-corrected chi connectivity index (χ4v) is 3.17. The highest BCUT2D eigenvalue weighted by Crippen LogP contribution is 2.40. The molecule has 0 saturated heterocycles. The molecular formula is C18H23N5O2S. The summed E-state index contributed by atoms with van der Waals surface area (Å²) in [5, 5.41) is 5.18. The van der Waals surface area contributed by atoms with Gasteiger partial charge >= 0.3 is 0 Å². The molecule has 0 spiro atoms. The Bertz CT molecular complexity index is 786. The largest absolute Gasteiger partial charge is 0.347 e. The molecule has 2 amide bonds. The number of aromatic nitrogens is 3. The van der Waals surface area contributed by atoms with Gasteiger partial charge in [-0.3, -0.25) is 9.59 Å². The van der Waals surface area contributed by atoms with Gasteiger partial charge in [-0.1, -0.05) is 30.0 Å². The second-order valence-electron chi connectivity index (χ2n) is 6.60. The first kappa shape index (κ1) is 18.4. The van der Waals surface area contributed by atoms with E-state index >= 15 is 0 Å². The second kappa shape index (κ2) is 7.90. The van der Waals surface area contributed by atoms with Crippen LogP contribution in [0, 0.1) is 0 Å². The zero-order chi connectivity index (χ0) is 18.7. The smallest absolute Gasteiger partial charge is 0.241 e. The highest BCUT2D eigenvalue weighted by atomic mass is 32.2. The molecule has 1 fully saturated rings. The van der Waals surface area contributed by atoms with Crippen molar-refractivity contribution in [3.05, 3.63) is 36.2 Å². The number of thioether (sulfide) groups is 1. The summed E-state index contributed by atoms with van der Waals surface area (Å²) in [6, 6.07) is 9.92. The van der Waals surface area contributed by atoms with Crippen molar-refractivity contribution in [2.75, 3.05) is 33.4 Å². The number of amides is 2. The number of nitrogens with zero attached hydrogens (tertiary/aromatic N) is 5. The molecule has 1 aliphatic rings. The zero-order valence-electron chi connectivity index (χ0n) is 15.3. The molecule has 0 unspecified atom stereocenters. The summed E-state index contributed by atoms with van der Waals surface area (Å²) >= 11 is 1.31. The quantitative estimate of drug-likeness (QED) is 0.692. The first-order valence-corrected chi connectivity index (χ1v) is 9.53. The van der Waals surface area contributed by atoms with Gasteiger partial charge in [0.2, 0.25) is 17.0 Å². The van der Waals surface area contributed by atoms with E-state index < -0.39 is 0 Å². The average molecular weight is 373 g/mol. The summed E-state index contributed by atoms with van der Waals surface area (Å²) in [5.74, 6) is 1.40. The molecule has 1 heterocycles. The highest BCUT2D eigenvalue weighted by molar-refractivity contribution is 7.99. The molecule has 2 aromatic rings. The summed E-state index contributed by atoms with van der Waals surface area (Å²) in [6.07, 6.45) is 2.26. The number of hydrogen-bond donors (Lipinski definition) is 0. The topological polar surface area (TPSA) is 71.3 Å². The maximum atomic E-state index is 12.3. The first-order valence-electron chi connectivity index (χ1n) is 8.55. The Morgan fingerprint density at radius 2 is 1.85 bits per heavy atom. The van der Waals surface area contributed by atoms with Crippen LogP contribution in [0.4, 0.5) is 0 Å². The van der Waals surface area contributed by atoms with Gasteiger partial charge in [-0.2, -0.15) is 0 Å². The lowest BCUT2D eigenvalue weighted by molar-refractivity contribution is -0.136. The molecular weight excluding hydrogens is 350 g/mol. The summed E-state index contributed by atoms with van der Waals surface area (Å²) in [4.78, 5) is 31.5. The third kappa shape index (κ3) is 4.43. The van der Waals surface area contributed by atoms with E-state index in [9.17, 15) is 9.59 Å². The van der Waals surface area contributed by atoms with Crippen LogP contribution in [-0.4, -0.2) is 69.8 Å². The van der Waals surface area contributed by atoms with E-state index in [-0.39, 0.29) is 24.1 Å². The molecule has 0 bridgehead atoms. The van der Waals surface area contributed by atoms with Crippen LogP contribution in [0.3, 0.4) is 0 Å². The SMILES string of the molecule is CN(C)C(=O)CN(C)C(=O)CSc1nc(C2CC2)n(-c2ccccc2)n1. The van der Waals surface area contributed by atoms with Crippen LogP contribution in [0.15, 0.2) is 35.5 Å². The molecule has 3 rings (SSSR count). The molecule has 0 aliphatic heterocycles. The fraction of sp³-hybridized carbons (Fsp3) is 0.444. The van der Waals surface area contributed by atoms with Crippen molar-refractivity contribution in [1.82, 2.24) is 24.6 Å². The maximum absolute atomic E-state index is 12.3. The van der Waals surface area contributed by atoms with Gasteiger partial charge in [0.25, 0.3) is 0 Å². The van der Waals surface area contributed by atoms with Crippen molar-refractivity contribution >= 4 is 23.6 Å². The zero-order valence-corrected chi connectivity index (χ0v) is 16.1. The Balaban J connectivity index is 1.65. The van der Waals surface area contributed by atoms with Crippen LogP contribution in [-0.2, 0) is 9.59 Å². The van der Waals surface area contributed by atoms with Crippen LogP contribution < -0.4 is 0 Å². The molecule has 26 heavy (non-hydrogen) atoms. The Kier molecular flexibility index (Phi) is 5.61. The van der Waals surface area contributed by atoms with Gasteiger partial charge in [0, 0.05) is 27.1 Å². The van der Waals surface area contributed by atoms with Gasteiger partial charge in [-0.25, -0.2) is 9.67 Å². The minimum atomic E-state index is -0.116. The van der Waals surface area contributed by atoms with E-state index in [0.717, 1.165) is 24.4 Å². The third-order valence-corrected chi connectivity index (χ3v) is 5.00. The van der Waals surface area contributed by atoms with E-state index in [4.69, 9.17) is 0 Å².